The fraction of sp³-hybridized carbons (Fsp3) is 0.600. The molecular weight excluding hydrogens is 256 g/mol. The van der Waals surface area contributed by atoms with Crippen LogP contribution in [0.5, 0.6) is 0 Å². The van der Waals surface area contributed by atoms with Crippen LogP contribution in [0.3, 0.4) is 0 Å². The minimum Gasteiger partial charge on any atom is -0.481 e. The zero-order valence-corrected chi connectivity index (χ0v) is 11.3. The van der Waals surface area contributed by atoms with Gasteiger partial charge in [0.25, 0.3) is 0 Å². The number of aryl methyl sites for hydroxylation is 1. The maximum absolute atomic E-state index is 11.5. The SMILES string of the molecule is Cc1nnc(SCC(=O)O)n1C(C(N)=O)C(C)C. The Balaban J connectivity index is 3.08. The zero-order chi connectivity index (χ0) is 13.9. The topological polar surface area (TPSA) is 111 Å². The smallest absolute Gasteiger partial charge is 0.313 e. The number of primary amides is 1. The highest BCUT2D eigenvalue weighted by Gasteiger charge is 2.26. The van der Waals surface area contributed by atoms with Crippen molar-refractivity contribution in [2.24, 2.45) is 11.7 Å². The summed E-state index contributed by atoms with van der Waals surface area (Å²) < 4.78 is 1.60. The fourth-order valence-electron chi connectivity index (χ4n) is 1.65. The normalized spacial score (nSPS) is 12.7. The molecule has 0 saturated carbocycles. The monoisotopic (exact) mass is 272 g/mol. The lowest BCUT2D eigenvalue weighted by molar-refractivity contribution is -0.133. The zero-order valence-electron chi connectivity index (χ0n) is 10.5. The summed E-state index contributed by atoms with van der Waals surface area (Å²) in [5.74, 6) is -1.05. The molecule has 1 aromatic rings. The number of thioether (sulfide) groups is 1. The van der Waals surface area contributed by atoms with Crippen LogP contribution in [-0.4, -0.2) is 37.5 Å². The lowest BCUT2D eigenvalue weighted by atomic mass is 10.0. The van der Waals surface area contributed by atoms with E-state index in [1.807, 2.05) is 13.8 Å². The van der Waals surface area contributed by atoms with Gasteiger partial charge >= 0.3 is 5.97 Å². The molecule has 0 aliphatic carbocycles. The van der Waals surface area contributed by atoms with Gasteiger partial charge in [0, 0.05) is 0 Å². The Morgan fingerprint density at radius 2 is 2.06 bits per heavy atom. The first-order valence-electron chi connectivity index (χ1n) is 5.40. The molecule has 0 saturated heterocycles. The maximum atomic E-state index is 11.5. The molecule has 1 unspecified atom stereocenters. The maximum Gasteiger partial charge on any atom is 0.313 e. The third-order valence-electron chi connectivity index (χ3n) is 2.36. The van der Waals surface area contributed by atoms with Crippen molar-refractivity contribution in [3.05, 3.63) is 5.82 Å². The van der Waals surface area contributed by atoms with Crippen molar-refractivity contribution in [2.75, 3.05) is 5.75 Å². The van der Waals surface area contributed by atoms with Crippen LogP contribution < -0.4 is 5.73 Å². The molecular formula is C10H16N4O3S. The molecule has 0 fully saturated rings. The molecule has 1 atom stereocenters. The van der Waals surface area contributed by atoms with Crippen LogP contribution in [0.2, 0.25) is 0 Å². The van der Waals surface area contributed by atoms with Gasteiger partial charge in [-0.2, -0.15) is 0 Å². The highest BCUT2D eigenvalue weighted by molar-refractivity contribution is 7.99. The molecule has 1 aromatic heterocycles. The number of carbonyl (C=O) groups is 2. The number of carboxylic acid groups (broad SMARTS) is 1. The number of carbonyl (C=O) groups excluding carboxylic acids is 1. The van der Waals surface area contributed by atoms with E-state index in [9.17, 15) is 9.59 Å². The molecule has 0 aliphatic rings. The molecule has 0 aromatic carbocycles. The van der Waals surface area contributed by atoms with E-state index in [0.29, 0.717) is 11.0 Å². The molecule has 8 heteroatoms. The van der Waals surface area contributed by atoms with E-state index in [2.05, 4.69) is 10.2 Å². The summed E-state index contributed by atoms with van der Waals surface area (Å²) in [6, 6.07) is -0.573. The third kappa shape index (κ3) is 3.22. The quantitative estimate of drug-likeness (QED) is 0.727. The summed E-state index contributed by atoms with van der Waals surface area (Å²) in [5.41, 5.74) is 5.38. The number of aromatic nitrogens is 3. The van der Waals surface area contributed by atoms with Gasteiger partial charge in [0.05, 0.1) is 5.75 Å². The lowest BCUT2D eigenvalue weighted by Crippen LogP contribution is -2.31. The number of hydrogen-bond acceptors (Lipinski definition) is 5. The standard InChI is InChI=1S/C10H16N4O3S/c1-5(2)8(9(11)17)14-6(3)12-13-10(14)18-4-7(15)16/h5,8H,4H2,1-3H3,(H2,11,17)(H,15,16). The first-order valence-corrected chi connectivity index (χ1v) is 6.38. The average Bonchev–Trinajstić information content (AvgIpc) is 2.57. The van der Waals surface area contributed by atoms with Crippen LogP contribution in [-0.2, 0) is 9.59 Å². The van der Waals surface area contributed by atoms with Crippen LogP contribution in [0.15, 0.2) is 5.16 Å². The van der Waals surface area contributed by atoms with Gasteiger partial charge in [-0.3, -0.25) is 14.2 Å². The van der Waals surface area contributed by atoms with E-state index in [4.69, 9.17) is 10.8 Å². The van der Waals surface area contributed by atoms with Crippen molar-refractivity contribution in [1.29, 1.82) is 0 Å². The predicted molar refractivity (Wildman–Crippen MR) is 66.2 cm³/mol. The van der Waals surface area contributed by atoms with E-state index in [-0.39, 0.29) is 11.7 Å². The minimum atomic E-state index is -0.952. The van der Waals surface area contributed by atoms with Crippen LogP contribution in [0.4, 0.5) is 0 Å². The molecule has 18 heavy (non-hydrogen) atoms. The fourth-order valence-corrected chi connectivity index (χ4v) is 2.38. The molecule has 0 spiro atoms. The molecule has 1 heterocycles. The van der Waals surface area contributed by atoms with Gasteiger partial charge in [-0.1, -0.05) is 25.6 Å². The number of nitrogens with zero attached hydrogens (tertiary/aromatic N) is 3. The Labute approximate surface area is 109 Å². The first-order chi connectivity index (χ1) is 8.34. The Morgan fingerprint density at radius 1 is 1.44 bits per heavy atom. The summed E-state index contributed by atoms with van der Waals surface area (Å²) in [4.78, 5) is 22.1. The second-order valence-electron chi connectivity index (χ2n) is 4.17. The van der Waals surface area contributed by atoms with E-state index in [1.54, 1.807) is 11.5 Å². The van der Waals surface area contributed by atoms with E-state index >= 15 is 0 Å². The molecule has 3 N–H and O–H groups in total. The van der Waals surface area contributed by atoms with E-state index in [0.717, 1.165) is 11.8 Å². The summed E-state index contributed by atoms with van der Waals surface area (Å²) in [6.45, 7) is 5.43. The summed E-state index contributed by atoms with van der Waals surface area (Å²) >= 11 is 1.02. The summed E-state index contributed by atoms with van der Waals surface area (Å²) in [7, 11) is 0. The van der Waals surface area contributed by atoms with E-state index < -0.39 is 17.9 Å². The van der Waals surface area contributed by atoms with Crippen molar-refractivity contribution in [3.63, 3.8) is 0 Å². The van der Waals surface area contributed by atoms with Crippen LogP contribution >= 0.6 is 11.8 Å². The van der Waals surface area contributed by atoms with E-state index in [1.165, 1.54) is 0 Å². The minimum absolute atomic E-state index is 0.0265. The Bertz CT molecular complexity index is 458. The highest BCUT2D eigenvalue weighted by Crippen LogP contribution is 2.26. The second kappa shape index (κ2) is 5.85. The first kappa shape index (κ1) is 14.5. The Morgan fingerprint density at radius 3 is 2.50 bits per heavy atom. The van der Waals surface area contributed by atoms with Gasteiger partial charge in [-0.05, 0) is 12.8 Å². The summed E-state index contributed by atoms with van der Waals surface area (Å²) in [6.07, 6.45) is 0. The number of carboxylic acids is 1. The number of rotatable bonds is 6. The van der Waals surface area contributed by atoms with Gasteiger partial charge < -0.3 is 10.8 Å². The predicted octanol–water partition coefficient (Wildman–Crippen LogP) is 0.446. The number of nitrogens with two attached hydrogens (primary N) is 1. The van der Waals surface area contributed by atoms with Crippen molar-refractivity contribution in [3.8, 4) is 0 Å². The molecule has 0 radical (unpaired) electrons. The Hall–Kier alpha value is -1.57. The van der Waals surface area contributed by atoms with Crippen LogP contribution in [0, 0.1) is 12.8 Å². The molecule has 100 valence electrons. The van der Waals surface area contributed by atoms with Crippen molar-refractivity contribution >= 4 is 23.6 Å². The van der Waals surface area contributed by atoms with Crippen LogP contribution in [0.25, 0.3) is 0 Å². The molecule has 1 amide bonds. The molecule has 0 bridgehead atoms. The van der Waals surface area contributed by atoms with Crippen molar-refractivity contribution in [1.82, 2.24) is 14.8 Å². The van der Waals surface area contributed by atoms with Crippen LogP contribution in [0.1, 0.15) is 25.7 Å². The number of aliphatic carboxylic acids is 1. The average molecular weight is 272 g/mol. The number of hydrogen-bond donors (Lipinski definition) is 2. The van der Waals surface area contributed by atoms with Gasteiger partial charge in [-0.15, -0.1) is 10.2 Å². The van der Waals surface area contributed by atoms with Gasteiger partial charge in [0.2, 0.25) is 5.91 Å². The lowest BCUT2D eigenvalue weighted by Gasteiger charge is -2.21. The van der Waals surface area contributed by atoms with Crippen molar-refractivity contribution in [2.45, 2.75) is 32.0 Å². The molecule has 7 nitrogen and oxygen atoms in total. The van der Waals surface area contributed by atoms with Gasteiger partial charge in [0.15, 0.2) is 5.16 Å². The second-order valence-corrected chi connectivity index (χ2v) is 5.12. The van der Waals surface area contributed by atoms with Gasteiger partial charge in [-0.25, -0.2) is 0 Å². The Kier molecular flexibility index (Phi) is 4.71. The van der Waals surface area contributed by atoms with Gasteiger partial charge in [0.1, 0.15) is 11.9 Å². The molecule has 1 rings (SSSR count). The largest absolute Gasteiger partial charge is 0.481 e. The summed E-state index contributed by atoms with van der Waals surface area (Å²) in [5, 5.41) is 16.8. The highest BCUT2D eigenvalue weighted by atomic mass is 32.2. The van der Waals surface area contributed by atoms with Crippen molar-refractivity contribution < 1.29 is 14.7 Å². The number of amides is 1. The third-order valence-corrected chi connectivity index (χ3v) is 3.29. The molecule has 0 aliphatic heterocycles.